The van der Waals surface area contributed by atoms with Gasteiger partial charge in [0.1, 0.15) is 0 Å². The summed E-state index contributed by atoms with van der Waals surface area (Å²) in [5.41, 5.74) is 0.204. The molecular formula is C16H33N3O2. The summed E-state index contributed by atoms with van der Waals surface area (Å²) in [5, 5.41) is 15.9. The lowest BCUT2D eigenvalue weighted by atomic mass is 9.72. The topological polar surface area (TPSA) is 65.9 Å². The average Bonchev–Trinajstić information content (AvgIpc) is 2.50. The van der Waals surface area contributed by atoms with Crippen molar-refractivity contribution in [2.24, 2.45) is 10.4 Å². The smallest absolute Gasteiger partial charge is 0.191 e. The third-order valence-corrected chi connectivity index (χ3v) is 4.22. The summed E-state index contributed by atoms with van der Waals surface area (Å²) in [4.78, 5) is 4.75. The number of ether oxygens (including phenoxy) is 1. The number of nitrogens with one attached hydrogen (secondary N) is 2. The Labute approximate surface area is 129 Å². The van der Waals surface area contributed by atoms with Gasteiger partial charge in [0, 0.05) is 32.8 Å². The van der Waals surface area contributed by atoms with Crippen molar-refractivity contribution in [1.82, 2.24) is 10.6 Å². The molecule has 0 aromatic carbocycles. The highest BCUT2D eigenvalue weighted by Gasteiger charge is 2.31. The van der Waals surface area contributed by atoms with E-state index >= 15 is 0 Å². The number of hydrogen-bond acceptors (Lipinski definition) is 3. The molecule has 0 atom stereocenters. The number of nitrogens with zero attached hydrogens (tertiary/aromatic N) is 1. The molecule has 1 aliphatic carbocycles. The molecule has 5 nitrogen and oxygen atoms in total. The summed E-state index contributed by atoms with van der Waals surface area (Å²) in [6, 6.07) is 0. The van der Waals surface area contributed by atoms with Gasteiger partial charge >= 0.3 is 0 Å². The molecule has 0 spiro atoms. The fraction of sp³-hybridized carbons (Fsp3) is 0.938. The van der Waals surface area contributed by atoms with E-state index in [1.165, 1.54) is 32.1 Å². The summed E-state index contributed by atoms with van der Waals surface area (Å²) in [6.07, 6.45) is 7.11. The van der Waals surface area contributed by atoms with E-state index in [9.17, 15) is 5.11 Å². The van der Waals surface area contributed by atoms with Crippen LogP contribution in [-0.2, 0) is 4.74 Å². The number of guanidine groups is 1. The first-order valence-electron chi connectivity index (χ1n) is 8.47. The summed E-state index contributed by atoms with van der Waals surface area (Å²) < 4.78 is 5.34. The van der Waals surface area contributed by atoms with Crippen molar-refractivity contribution in [3.8, 4) is 0 Å². The molecule has 124 valence electrons. The first-order valence-corrected chi connectivity index (χ1v) is 8.47. The Kier molecular flexibility index (Phi) is 9.42. The highest BCUT2D eigenvalue weighted by atomic mass is 16.5. The molecule has 0 aliphatic heterocycles. The zero-order chi connectivity index (χ0) is 15.4. The maximum Gasteiger partial charge on any atom is 0.191 e. The highest BCUT2D eigenvalue weighted by Crippen LogP contribution is 2.39. The van der Waals surface area contributed by atoms with Gasteiger partial charge in [0.05, 0.1) is 6.61 Å². The molecule has 5 heteroatoms. The minimum Gasteiger partial charge on any atom is -0.396 e. The molecule has 0 aromatic heterocycles. The van der Waals surface area contributed by atoms with Gasteiger partial charge in [-0.05, 0) is 38.5 Å². The van der Waals surface area contributed by atoms with E-state index in [1.54, 1.807) is 0 Å². The molecule has 0 amide bonds. The quantitative estimate of drug-likeness (QED) is 0.346. The van der Waals surface area contributed by atoms with E-state index in [-0.39, 0.29) is 12.0 Å². The van der Waals surface area contributed by atoms with Gasteiger partial charge in [-0.3, -0.25) is 4.99 Å². The molecular weight excluding hydrogens is 266 g/mol. The molecule has 0 unspecified atom stereocenters. The van der Waals surface area contributed by atoms with Gasteiger partial charge in [-0.1, -0.05) is 19.3 Å². The number of aliphatic hydroxyl groups is 1. The van der Waals surface area contributed by atoms with Gasteiger partial charge in [0.15, 0.2) is 5.96 Å². The summed E-state index contributed by atoms with van der Waals surface area (Å²) >= 11 is 0. The molecule has 21 heavy (non-hydrogen) atoms. The molecule has 0 saturated heterocycles. The van der Waals surface area contributed by atoms with Crippen LogP contribution in [0.5, 0.6) is 0 Å². The predicted octanol–water partition coefficient (Wildman–Crippen LogP) is 1.91. The molecule has 1 aliphatic rings. The summed E-state index contributed by atoms with van der Waals surface area (Å²) in [6.45, 7) is 8.21. The Morgan fingerprint density at radius 3 is 2.57 bits per heavy atom. The van der Waals surface area contributed by atoms with Gasteiger partial charge < -0.3 is 20.5 Å². The predicted molar refractivity (Wildman–Crippen MR) is 87.7 cm³/mol. The SMILES string of the molecule is CCNC(=NCC1(CCO)CCCCC1)NCCOCC. The Morgan fingerprint density at radius 2 is 1.95 bits per heavy atom. The molecule has 0 aromatic rings. The van der Waals surface area contributed by atoms with Crippen molar-refractivity contribution < 1.29 is 9.84 Å². The second kappa shape index (κ2) is 10.9. The van der Waals surface area contributed by atoms with Crippen LogP contribution < -0.4 is 10.6 Å². The third kappa shape index (κ3) is 7.14. The molecule has 1 fully saturated rings. The fourth-order valence-corrected chi connectivity index (χ4v) is 3.00. The fourth-order valence-electron chi connectivity index (χ4n) is 3.00. The van der Waals surface area contributed by atoms with Crippen LogP contribution >= 0.6 is 0 Å². The van der Waals surface area contributed by atoms with E-state index in [0.717, 1.165) is 38.6 Å². The van der Waals surface area contributed by atoms with Gasteiger partial charge in [0.2, 0.25) is 0 Å². The Bertz CT molecular complexity index is 284. The van der Waals surface area contributed by atoms with Crippen LogP contribution in [0.2, 0.25) is 0 Å². The molecule has 3 N–H and O–H groups in total. The van der Waals surface area contributed by atoms with Crippen LogP contribution in [0.4, 0.5) is 0 Å². The summed E-state index contributed by atoms with van der Waals surface area (Å²) in [7, 11) is 0. The molecule has 1 rings (SSSR count). The van der Waals surface area contributed by atoms with Crippen molar-refractivity contribution in [3.63, 3.8) is 0 Å². The Morgan fingerprint density at radius 1 is 1.19 bits per heavy atom. The monoisotopic (exact) mass is 299 g/mol. The van der Waals surface area contributed by atoms with Crippen molar-refractivity contribution in [1.29, 1.82) is 0 Å². The molecule has 1 saturated carbocycles. The zero-order valence-electron chi connectivity index (χ0n) is 13.8. The van der Waals surface area contributed by atoms with Crippen molar-refractivity contribution >= 4 is 5.96 Å². The second-order valence-corrected chi connectivity index (χ2v) is 5.85. The van der Waals surface area contributed by atoms with Crippen molar-refractivity contribution in [2.45, 2.75) is 52.4 Å². The average molecular weight is 299 g/mol. The lowest BCUT2D eigenvalue weighted by molar-refractivity contribution is 0.137. The second-order valence-electron chi connectivity index (χ2n) is 5.85. The van der Waals surface area contributed by atoms with Crippen LogP contribution in [-0.4, -0.2) is 50.5 Å². The number of aliphatic hydroxyl groups excluding tert-OH is 1. The maximum atomic E-state index is 9.36. The van der Waals surface area contributed by atoms with E-state index in [2.05, 4.69) is 17.6 Å². The van der Waals surface area contributed by atoms with E-state index < -0.39 is 0 Å². The lowest BCUT2D eigenvalue weighted by Gasteiger charge is -2.35. The standard InChI is InChI=1S/C16H33N3O2/c1-3-17-15(18-11-13-21-4-2)19-14-16(10-12-20)8-6-5-7-9-16/h20H,3-14H2,1-2H3,(H2,17,18,19). The Hall–Kier alpha value is -0.810. The van der Waals surface area contributed by atoms with Crippen molar-refractivity contribution in [2.75, 3.05) is 39.5 Å². The van der Waals surface area contributed by atoms with Gasteiger partial charge in [-0.25, -0.2) is 0 Å². The van der Waals surface area contributed by atoms with E-state index in [4.69, 9.17) is 9.73 Å². The minimum atomic E-state index is 0.204. The van der Waals surface area contributed by atoms with Crippen LogP contribution in [0.25, 0.3) is 0 Å². The number of hydrogen-bond donors (Lipinski definition) is 3. The highest BCUT2D eigenvalue weighted by molar-refractivity contribution is 5.79. The van der Waals surface area contributed by atoms with Gasteiger partial charge in [-0.15, -0.1) is 0 Å². The first kappa shape index (κ1) is 18.2. The van der Waals surface area contributed by atoms with Crippen LogP contribution in [0.3, 0.4) is 0 Å². The van der Waals surface area contributed by atoms with Crippen LogP contribution in [0.1, 0.15) is 52.4 Å². The molecule has 0 bridgehead atoms. The van der Waals surface area contributed by atoms with Crippen molar-refractivity contribution in [3.05, 3.63) is 0 Å². The zero-order valence-corrected chi connectivity index (χ0v) is 13.8. The third-order valence-electron chi connectivity index (χ3n) is 4.22. The lowest BCUT2D eigenvalue weighted by Crippen LogP contribution is -2.40. The summed E-state index contributed by atoms with van der Waals surface area (Å²) in [5.74, 6) is 0.861. The largest absolute Gasteiger partial charge is 0.396 e. The number of aliphatic imine (C=N–C) groups is 1. The number of rotatable bonds is 9. The van der Waals surface area contributed by atoms with Crippen LogP contribution in [0.15, 0.2) is 4.99 Å². The minimum absolute atomic E-state index is 0.204. The normalized spacial score (nSPS) is 18.5. The first-order chi connectivity index (χ1) is 10.3. The van der Waals surface area contributed by atoms with E-state index in [1.807, 2.05) is 6.92 Å². The molecule has 0 heterocycles. The maximum absolute atomic E-state index is 9.36. The molecule has 0 radical (unpaired) electrons. The van der Waals surface area contributed by atoms with Gasteiger partial charge in [-0.2, -0.15) is 0 Å². The van der Waals surface area contributed by atoms with E-state index in [0.29, 0.717) is 6.61 Å². The van der Waals surface area contributed by atoms with Crippen LogP contribution in [0, 0.1) is 5.41 Å². The Balaban J connectivity index is 2.52. The van der Waals surface area contributed by atoms with Gasteiger partial charge in [0.25, 0.3) is 0 Å².